The molecule has 2 aromatic carbocycles. The van der Waals surface area contributed by atoms with Gasteiger partial charge in [-0.25, -0.2) is 4.79 Å². The second-order valence-electron chi connectivity index (χ2n) is 3.96. The first-order valence-corrected chi connectivity index (χ1v) is 6.61. The molecule has 98 valence electrons. The van der Waals surface area contributed by atoms with Gasteiger partial charge in [0, 0.05) is 9.50 Å². The molecule has 0 saturated carbocycles. The van der Waals surface area contributed by atoms with E-state index in [2.05, 4.69) is 15.9 Å². The molecule has 0 amide bonds. The minimum atomic E-state index is -0.985. The summed E-state index contributed by atoms with van der Waals surface area (Å²) in [4.78, 5) is 10.9. The molecule has 5 heteroatoms. The van der Waals surface area contributed by atoms with Gasteiger partial charge in [0.15, 0.2) is 0 Å². The van der Waals surface area contributed by atoms with Crippen LogP contribution in [0.3, 0.4) is 0 Å². The highest BCUT2D eigenvalue weighted by Crippen LogP contribution is 2.29. The van der Waals surface area contributed by atoms with E-state index in [1.807, 2.05) is 13.0 Å². The standard InChI is InChI=1S/C14H10BrClO3/c1-8-6-9(3-5-13(8)16)19-10-2-4-11(14(17)18)12(15)7-10/h2-7H,1H3,(H,17,18). The third-order valence-corrected chi connectivity index (χ3v) is 3.62. The van der Waals surface area contributed by atoms with E-state index >= 15 is 0 Å². The van der Waals surface area contributed by atoms with Crippen LogP contribution in [-0.4, -0.2) is 11.1 Å². The van der Waals surface area contributed by atoms with Crippen LogP contribution < -0.4 is 4.74 Å². The van der Waals surface area contributed by atoms with Crippen LogP contribution in [0.15, 0.2) is 40.9 Å². The molecule has 0 saturated heterocycles. The number of ether oxygens (including phenoxy) is 1. The number of carboxylic acid groups (broad SMARTS) is 1. The first-order chi connectivity index (χ1) is 8.97. The summed E-state index contributed by atoms with van der Waals surface area (Å²) in [5.41, 5.74) is 1.11. The normalized spacial score (nSPS) is 10.3. The summed E-state index contributed by atoms with van der Waals surface area (Å²) in [5, 5.41) is 9.60. The average molecular weight is 342 g/mol. The average Bonchev–Trinajstić information content (AvgIpc) is 2.33. The third-order valence-electron chi connectivity index (χ3n) is 2.54. The second-order valence-corrected chi connectivity index (χ2v) is 5.22. The quantitative estimate of drug-likeness (QED) is 0.863. The number of benzene rings is 2. The van der Waals surface area contributed by atoms with Crippen molar-refractivity contribution in [2.75, 3.05) is 0 Å². The van der Waals surface area contributed by atoms with Gasteiger partial charge < -0.3 is 9.84 Å². The molecule has 0 bridgehead atoms. The van der Waals surface area contributed by atoms with Gasteiger partial charge in [-0.05, 0) is 64.8 Å². The van der Waals surface area contributed by atoms with Gasteiger partial charge in [0.1, 0.15) is 11.5 Å². The molecule has 0 aliphatic rings. The van der Waals surface area contributed by atoms with Gasteiger partial charge in [-0.1, -0.05) is 11.6 Å². The Balaban J connectivity index is 2.26. The molecule has 0 aromatic heterocycles. The van der Waals surface area contributed by atoms with Gasteiger partial charge in [0.25, 0.3) is 0 Å². The first-order valence-electron chi connectivity index (χ1n) is 5.44. The lowest BCUT2D eigenvalue weighted by atomic mass is 10.2. The van der Waals surface area contributed by atoms with Gasteiger partial charge >= 0.3 is 5.97 Å². The van der Waals surface area contributed by atoms with Crippen LogP contribution in [-0.2, 0) is 0 Å². The predicted molar refractivity (Wildman–Crippen MR) is 77.4 cm³/mol. The lowest BCUT2D eigenvalue weighted by Gasteiger charge is -2.08. The SMILES string of the molecule is Cc1cc(Oc2ccc(C(=O)O)c(Br)c2)ccc1Cl. The number of rotatable bonds is 3. The highest BCUT2D eigenvalue weighted by molar-refractivity contribution is 9.10. The number of hydrogen-bond acceptors (Lipinski definition) is 2. The number of carboxylic acids is 1. The Bertz CT molecular complexity index is 641. The Labute approximate surface area is 123 Å². The van der Waals surface area contributed by atoms with Gasteiger partial charge in [-0.3, -0.25) is 0 Å². The zero-order valence-corrected chi connectivity index (χ0v) is 12.3. The Morgan fingerprint density at radius 2 is 1.84 bits per heavy atom. The van der Waals surface area contributed by atoms with E-state index in [0.29, 0.717) is 21.0 Å². The molecule has 0 heterocycles. The van der Waals surface area contributed by atoms with Crippen molar-refractivity contribution in [2.45, 2.75) is 6.92 Å². The maximum Gasteiger partial charge on any atom is 0.336 e. The van der Waals surface area contributed by atoms with Crippen LogP contribution in [0.4, 0.5) is 0 Å². The van der Waals surface area contributed by atoms with Crippen LogP contribution in [0, 0.1) is 6.92 Å². The zero-order chi connectivity index (χ0) is 14.0. The Hall–Kier alpha value is -1.52. The van der Waals surface area contributed by atoms with E-state index in [-0.39, 0.29) is 5.56 Å². The highest BCUT2D eigenvalue weighted by Gasteiger charge is 2.09. The van der Waals surface area contributed by atoms with Gasteiger partial charge in [-0.15, -0.1) is 0 Å². The Morgan fingerprint density at radius 3 is 2.42 bits per heavy atom. The Kier molecular flexibility index (Phi) is 4.12. The summed E-state index contributed by atoms with van der Waals surface area (Å²) in [5.74, 6) is 0.219. The van der Waals surface area contributed by atoms with E-state index in [1.165, 1.54) is 6.07 Å². The van der Waals surface area contributed by atoms with E-state index < -0.39 is 5.97 Å². The summed E-state index contributed by atoms with van der Waals surface area (Å²) in [6.45, 7) is 1.89. The third kappa shape index (κ3) is 3.28. The maximum atomic E-state index is 10.9. The van der Waals surface area contributed by atoms with Gasteiger partial charge in [-0.2, -0.15) is 0 Å². The van der Waals surface area contributed by atoms with Crippen molar-refractivity contribution < 1.29 is 14.6 Å². The monoisotopic (exact) mass is 340 g/mol. The van der Waals surface area contributed by atoms with E-state index in [1.54, 1.807) is 24.3 Å². The summed E-state index contributed by atoms with van der Waals surface area (Å²) >= 11 is 9.14. The van der Waals surface area contributed by atoms with Crippen LogP contribution >= 0.6 is 27.5 Å². The largest absolute Gasteiger partial charge is 0.478 e. The lowest BCUT2D eigenvalue weighted by molar-refractivity contribution is 0.0696. The molecular formula is C14H10BrClO3. The molecule has 2 aromatic rings. The van der Waals surface area contributed by atoms with Crippen molar-refractivity contribution in [1.29, 1.82) is 0 Å². The fourth-order valence-corrected chi connectivity index (χ4v) is 2.19. The second kappa shape index (κ2) is 5.63. The molecule has 0 aliphatic heterocycles. The summed E-state index contributed by atoms with van der Waals surface area (Å²) in [6.07, 6.45) is 0. The van der Waals surface area contributed by atoms with Crippen LogP contribution in [0.25, 0.3) is 0 Å². The molecule has 0 radical (unpaired) electrons. The number of hydrogen-bond donors (Lipinski definition) is 1. The smallest absolute Gasteiger partial charge is 0.336 e. The van der Waals surface area contributed by atoms with Crippen molar-refractivity contribution in [3.8, 4) is 11.5 Å². The topological polar surface area (TPSA) is 46.5 Å². The summed E-state index contributed by atoms with van der Waals surface area (Å²) in [6, 6.07) is 10.1. The lowest BCUT2D eigenvalue weighted by Crippen LogP contribution is -1.97. The first kappa shape index (κ1) is 13.9. The fourth-order valence-electron chi connectivity index (χ4n) is 1.55. The zero-order valence-electron chi connectivity index (χ0n) is 9.98. The molecule has 3 nitrogen and oxygen atoms in total. The maximum absolute atomic E-state index is 10.9. The highest BCUT2D eigenvalue weighted by atomic mass is 79.9. The molecule has 0 unspecified atom stereocenters. The summed E-state index contributed by atoms with van der Waals surface area (Å²) < 4.78 is 6.12. The molecule has 0 fully saturated rings. The molecule has 0 atom stereocenters. The van der Waals surface area contributed by atoms with Gasteiger partial charge in [0.2, 0.25) is 0 Å². The van der Waals surface area contributed by atoms with Crippen molar-refractivity contribution in [1.82, 2.24) is 0 Å². The van der Waals surface area contributed by atoms with Crippen molar-refractivity contribution >= 4 is 33.5 Å². The minimum absolute atomic E-state index is 0.194. The van der Waals surface area contributed by atoms with Crippen molar-refractivity contribution in [3.63, 3.8) is 0 Å². The number of aromatic carboxylic acids is 1. The fraction of sp³-hybridized carbons (Fsp3) is 0.0714. The van der Waals surface area contributed by atoms with Crippen LogP contribution in [0.5, 0.6) is 11.5 Å². The molecular weight excluding hydrogens is 332 g/mol. The Morgan fingerprint density at radius 1 is 1.21 bits per heavy atom. The molecule has 0 aliphatic carbocycles. The minimum Gasteiger partial charge on any atom is -0.478 e. The molecule has 1 N–H and O–H groups in total. The van der Waals surface area contributed by atoms with Crippen molar-refractivity contribution in [3.05, 3.63) is 57.0 Å². The van der Waals surface area contributed by atoms with Gasteiger partial charge in [0.05, 0.1) is 5.56 Å². The molecule has 19 heavy (non-hydrogen) atoms. The van der Waals surface area contributed by atoms with Crippen molar-refractivity contribution in [2.24, 2.45) is 0 Å². The van der Waals surface area contributed by atoms with E-state index in [0.717, 1.165) is 5.56 Å². The van der Waals surface area contributed by atoms with Crippen LogP contribution in [0.2, 0.25) is 5.02 Å². The van der Waals surface area contributed by atoms with E-state index in [9.17, 15) is 4.79 Å². The number of aryl methyl sites for hydroxylation is 1. The van der Waals surface area contributed by atoms with Crippen LogP contribution in [0.1, 0.15) is 15.9 Å². The number of halogens is 2. The molecule has 2 rings (SSSR count). The number of carbonyl (C=O) groups is 1. The summed E-state index contributed by atoms with van der Waals surface area (Å²) in [7, 11) is 0. The predicted octanol–water partition coefficient (Wildman–Crippen LogP) is 4.90. The molecule has 0 spiro atoms. The van der Waals surface area contributed by atoms with E-state index in [4.69, 9.17) is 21.4 Å².